The van der Waals surface area contributed by atoms with E-state index in [9.17, 15) is 4.79 Å². The van der Waals surface area contributed by atoms with Gasteiger partial charge in [-0.15, -0.1) is 0 Å². The van der Waals surface area contributed by atoms with E-state index in [0.717, 1.165) is 10.0 Å². The van der Waals surface area contributed by atoms with Gasteiger partial charge in [0.05, 0.1) is 6.07 Å². The third-order valence-electron chi connectivity index (χ3n) is 1.89. The minimum atomic E-state index is 0.0124. The van der Waals surface area contributed by atoms with Gasteiger partial charge >= 0.3 is 0 Å². The monoisotopic (exact) mass is 251 g/mol. The molecule has 0 N–H and O–H groups in total. The standard InChI is InChI=1S/C11H10BrNO/c1-8-4-5-9(10(12)7-8)11(14)3-2-6-13/h4-5,7H,2-3H2,1H3. The molecule has 0 saturated carbocycles. The largest absolute Gasteiger partial charge is 0.294 e. The van der Waals surface area contributed by atoms with E-state index in [-0.39, 0.29) is 18.6 Å². The van der Waals surface area contributed by atoms with E-state index in [2.05, 4.69) is 15.9 Å². The first-order valence-corrected chi connectivity index (χ1v) is 5.10. The van der Waals surface area contributed by atoms with Crippen LogP contribution in [0.4, 0.5) is 0 Å². The lowest BCUT2D eigenvalue weighted by Gasteiger charge is -2.02. The molecule has 2 nitrogen and oxygen atoms in total. The third-order valence-corrected chi connectivity index (χ3v) is 2.54. The van der Waals surface area contributed by atoms with Crippen LogP contribution in [0.5, 0.6) is 0 Å². The Morgan fingerprint density at radius 2 is 2.29 bits per heavy atom. The number of halogens is 1. The van der Waals surface area contributed by atoms with Crippen LogP contribution in [0.3, 0.4) is 0 Å². The number of Topliss-reactive ketones (excluding diaryl/α,β-unsaturated/α-hetero) is 1. The number of nitrogens with zero attached hydrogens (tertiary/aromatic N) is 1. The summed E-state index contributed by atoms with van der Waals surface area (Å²) < 4.78 is 0.806. The highest BCUT2D eigenvalue weighted by molar-refractivity contribution is 9.10. The van der Waals surface area contributed by atoms with E-state index in [0.29, 0.717) is 5.56 Å². The summed E-state index contributed by atoms with van der Waals surface area (Å²) in [7, 11) is 0. The minimum absolute atomic E-state index is 0.0124. The number of ketones is 1. The molecule has 0 radical (unpaired) electrons. The zero-order valence-corrected chi connectivity index (χ0v) is 9.47. The molecule has 1 rings (SSSR count). The van der Waals surface area contributed by atoms with Crippen molar-refractivity contribution in [1.82, 2.24) is 0 Å². The lowest BCUT2D eigenvalue weighted by Crippen LogP contribution is -1.99. The van der Waals surface area contributed by atoms with E-state index < -0.39 is 0 Å². The number of carbonyl (C=O) groups excluding carboxylic acids is 1. The van der Waals surface area contributed by atoms with Crippen LogP contribution in [0.15, 0.2) is 22.7 Å². The van der Waals surface area contributed by atoms with Gasteiger partial charge in [0.25, 0.3) is 0 Å². The van der Waals surface area contributed by atoms with Crippen LogP contribution < -0.4 is 0 Å². The molecule has 0 unspecified atom stereocenters. The Morgan fingerprint density at radius 1 is 1.57 bits per heavy atom. The molecule has 0 saturated heterocycles. The fourth-order valence-corrected chi connectivity index (χ4v) is 1.86. The number of rotatable bonds is 3. The molecule has 14 heavy (non-hydrogen) atoms. The van der Waals surface area contributed by atoms with Gasteiger partial charge in [-0.25, -0.2) is 0 Å². The van der Waals surface area contributed by atoms with Crippen molar-refractivity contribution < 1.29 is 4.79 Å². The van der Waals surface area contributed by atoms with Gasteiger partial charge in [0.15, 0.2) is 5.78 Å². The van der Waals surface area contributed by atoms with Gasteiger partial charge in [0, 0.05) is 22.9 Å². The highest BCUT2D eigenvalue weighted by atomic mass is 79.9. The summed E-state index contributed by atoms with van der Waals surface area (Å²) in [5, 5.41) is 8.36. The van der Waals surface area contributed by atoms with Crippen LogP contribution in [0.25, 0.3) is 0 Å². The summed E-state index contributed by atoms with van der Waals surface area (Å²) in [6.07, 6.45) is 0.567. The average Bonchev–Trinajstić information content (AvgIpc) is 2.14. The molecule has 0 aliphatic rings. The van der Waals surface area contributed by atoms with Gasteiger partial charge in [-0.3, -0.25) is 4.79 Å². The fraction of sp³-hybridized carbons (Fsp3) is 0.273. The molecule has 3 heteroatoms. The minimum Gasteiger partial charge on any atom is -0.294 e. The summed E-state index contributed by atoms with van der Waals surface area (Å²) in [4.78, 5) is 11.6. The molecule has 72 valence electrons. The highest BCUT2D eigenvalue weighted by Gasteiger charge is 2.08. The Labute approximate surface area is 91.7 Å². The zero-order valence-electron chi connectivity index (χ0n) is 7.88. The van der Waals surface area contributed by atoms with Crippen LogP contribution in [0, 0.1) is 18.3 Å². The van der Waals surface area contributed by atoms with Crippen LogP contribution in [0.1, 0.15) is 28.8 Å². The molecule has 0 amide bonds. The van der Waals surface area contributed by atoms with Crippen LogP contribution in [-0.4, -0.2) is 5.78 Å². The molecule has 0 aromatic heterocycles. The Bertz CT molecular complexity index is 393. The fourth-order valence-electron chi connectivity index (χ4n) is 1.15. The lowest BCUT2D eigenvalue weighted by molar-refractivity contribution is 0.0983. The summed E-state index contributed by atoms with van der Waals surface area (Å²) in [6.45, 7) is 1.97. The third kappa shape index (κ3) is 2.68. The van der Waals surface area contributed by atoms with E-state index in [1.165, 1.54) is 0 Å². The van der Waals surface area contributed by atoms with Crippen molar-refractivity contribution in [3.05, 3.63) is 33.8 Å². The van der Waals surface area contributed by atoms with E-state index in [1.807, 2.05) is 25.1 Å². The number of aryl methyl sites for hydroxylation is 1. The molecular weight excluding hydrogens is 242 g/mol. The average molecular weight is 252 g/mol. The molecule has 0 fully saturated rings. The van der Waals surface area contributed by atoms with Crippen molar-refractivity contribution in [3.8, 4) is 6.07 Å². The number of benzene rings is 1. The van der Waals surface area contributed by atoms with E-state index in [4.69, 9.17) is 5.26 Å². The Morgan fingerprint density at radius 3 is 2.86 bits per heavy atom. The predicted molar refractivity (Wildman–Crippen MR) is 58.1 cm³/mol. The molecule has 0 spiro atoms. The quantitative estimate of drug-likeness (QED) is 0.775. The van der Waals surface area contributed by atoms with Gasteiger partial charge < -0.3 is 0 Å². The van der Waals surface area contributed by atoms with E-state index >= 15 is 0 Å². The smallest absolute Gasteiger partial charge is 0.165 e. The lowest BCUT2D eigenvalue weighted by atomic mass is 10.1. The number of nitriles is 1. The SMILES string of the molecule is Cc1ccc(C(=O)CCC#N)c(Br)c1. The van der Waals surface area contributed by atoms with Gasteiger partial charge in [-0.1, -0.05) is 28.1 Å². The first kappa shape index (κ1) is 10.9. The van der Waals surface area contributed by atoms with Crippen molar-refractivity contribution in [2.45, 2.75) is 19.8 Å². The molecule has 0 heterocycles. The Kier molecular flexibility index (Phi) is 3.84. The normalized spacial score (nSPS) is 9.50. The van der Waals surface area contributed by atoms with Crippen molar-refractivity contribution in [3.63, 3.8) is 0 Å². The first-order valence-electron chi connectivity index (χ1n) is 4.31. The summed E-state index contributed by atoms with van der Waals surface area (Å²) >= 11 is 3.34. The molecule has 1 aromatic rings. The van der Waals surface area contributed by atoms with Crippen molar-refractivity contribution >= 4 is 21.7 Å². The summed E-state index contributed by atoms with van der Waals surface area (Å²) in [5.41, 5.74) is 1.76. The van der Waals surface area contributed by atoms with Crippen molar-refractivity contribution in [2.24, 2.45) is 0 Å². The number of hydrogen-bond acceptors (Lipinski definition) is 2. The number of hydrogen-bond donors (Lipinski definition) is 0. The second-order valence-corrected chi connectivity index (χ2v) is 3.92. The Hall–Kier alpha value is -1.14. The van der Waals surface area contributed by atoms with Gasteiger partial charge in [0.1, 0.15) is 0 Å². The van der Waals surface area contributed by atoms with Gasteiger partial charge in [-0.2, -0.15) is 5.26 Å². The van der Waals surface area contributed by atoms with Gasteiger partial charge in [0.2, 0.25) is 0 Å². The topological polar surface area (TPSA) is 40.9 Å². The molecule has 0 bridgehead atoms. The van der Waals surface area contributed by atoms with Crippen molar-refractivity contribution in [2.75, 3.05) is 0 Å². The maximum absolute atomic E-state index is 11.6. The second-order valence-electron chi connectivity index (χ2n) is 3.06. The first-order chi connectivity index (χ1) is 6.65. The maximum Gasteiger partial charge on any atom is 0.165 e. The zero-order chi connectivity index (χ0) is 10.6. The molecule has 1 aromatic carbocycles. The van der Waals surface area contributed by atoms with E-state index in [1.54, 1.807) is 6.07 Å². The molecule has 0 aliphatic carbocycles. The highest BCUT2D eigenvalue weighted by Crippen LogP contribution is 2.20. The predicted octanol–water partition coefficient (Wildman–Crippen LogP) is 3.24. The van der Waals surface area contributed by atoms with Crippen molar-refractivity contribution in [1.29, 1.82) is 5.26 Å². The second kappa shape index (κ2) is 4.92. The molecule has 0 aliphatic heterocycles. The van der Waals surface area contributed by atoms with Crippen LogP contribution >= 0.6 is 15.9 Å². The van der Waals surface area contributed by atoms with Crippen LogP contribution in [-0.2, 0) is 0 Å². The van der Waals surface area contributed by atoms with Gasteiger partial charge in [-0.05, 0) is 18.6 Å². The van der Waals surface area contributed by atoms with Crippen LogP contribution in [0.2, 0.25) is 0 Å². The Balaban J connectivity index is 2.86. The maximum atomic E-state index is 11.6. The summed E-state index contributed by atoms with van der Waals surface area (Å²) in [6, 6.07) is 7.55. The molecule has 0 atom stereocenters. The molecular formula is C11H10BrNO. The summed E-state index contributed by atoms with van der Waals surface area (Å²) in [5.74, 6) is 0.0124. The number of carbonyl (C=O) groups is 1.